The first-order valence-electron chi connectivity index (χ1n) is 13.4. The van der Waals surface area contributed by atoms with Crippen LogP contribution in [0, 0.1) is 0 Å². The molecule has 4 nitrogen and oxygen atoms in total. The maximum atomic E-state index is 13.3. The van der Waals surface area contributed by atoms with Gasteiger partial charge < -0.3 is 15.3 Å². The molecule has 0 amide bonds. The third-order valence-corrected chi connectivity index (χ3v) is 6.60. The molecule has 0 spiro atoms. The zero-order chi connectivity index (χ0) is 28.2. The summed E-state index contributed by atoms with van der Waals surface area (Å²) in [6.45, 7) is 12.3. The molecule has 0 aromatic heterocycles. The lowest BCUT2D eigenvalue weighted by molar-refractivity contribution is 0.0987. The van der Waals surface area contributed by atoms with Gasteiger partial charge in [0.15, 0.2) is 5.78 Å². The molecular weight excluding hydrogens is 472 g/mol. The maximum Gasteiger partial charge on any atom is 0.174 e. The highest BCUT2D eigenvalue weighted by Crippen LogP contribution is 2.43. The third-order valence-electron chi connectivity index (χ3n) is 6.60. The van der Waals surface area contributed by atoms with Gasteiger partial charge in [0, 0.05) is 17.5 Å². The van der Waals surface area contributed by atoms with Crippen LogP contribution in [-0.4, -0.2) is 21.1 Å². The standard InChI is InChI=1S/C34H44O4/c1-23(2)12-10-14-25(5)18-20-28-32(36)29(21-19-26(6)15-11-13-24(3)4)34(38)31(33(28)37)30(35)22-27-16-8-7-9-17-27/h7-9,12-13,16-19,36-38H,10-11,14-15,20-22H2,1-6H3/b25-18+,26-19+. The van der Waals surface area contributed by atoms with Crippen molar-refractivity contribution in [3.8, 4) is 17.2 Å². The van der Waals surface area contributed by atoms with E-state index in [1.165, 1.54) is 11.1 Å². The van der Waals surface area contributed by atoms with E-state index in [2.05, 4.69) is 39.8 Å². The van der Waals surface area contributed by atoms with Crippen LogP contribution in [0.4, 0.5) is 0 Å². The van der Waals surface area contributed by atoms with Gasteiger partial charge in [0.1, 0.15) is 22.8 Å². The molecule has 2 aromatic rings. The van der Waals surface area contributed by atoms with Crippen LogP contribution < -0.4 is 0 Å². The Morgan fingerprint density at radius 3 is 1.53 bits per heavy atom. The fourth-order valence-electron chi connectivity index (χ4n) is 4.27. The Bertz CT molecular complexity index is 1150. The van der Waals surface area contributed by atoms with Crippen molar-refractivity contribution in [2.45, 2.75) is 86.5 Å². The zero-order valence-electron chi connectivity index (χ0n) is 23.9. The number of benzene rings is 2. The Kier molecular flexibility index (Phi) is 12.1. The molecule has 0 aliphatic heterocycles. The second-order valence-electron chi connectivity index (χ2n) is 10.6. The molecule has 2 aromatic carbocycles. The van der Waals surface area contributed by atoms with Crippen LogP contribution in [0.1, 0.15) is 94.3 Å². The first kappa shape index (κ1) is 30.7. The predicted molar refractivity (Wildman–Crippen MR) is 158 cm³/mol. The van der Waals surface area contributed by atoms with Crippen molar-refractivity contribution in [1.29, 1.82) is 0 Å². The number of hydrogen-bond acceptors (Lipinski definition) is 4. The van der Waals surface area contributed by atoms with Gasteiger partial charge in [-0.2, -0.15) is 0 Å². The fourth-order valence-corrected chi connectivity index (χ4v) is 4.27. The largest absolute Gasteiger partial charge is 0.507 e. The second-order valence-corrected chi connectivity index (χ2v) is 10.6. The number of rotatable bonds is 13. The minimum atomic E-state index is -0.387. The topological polar surface area (TPSA) is 77.8 Å². The van der Waals surface area contributed by atoms with E-state index < -0.39 is 0 Å². The first-order chi connectivity index (χ1) is 18.0. The predicted octanol–water partition coefficient (Wildman–Crippen LogP) is 8.70. The third kappa shape index (κ3) is 9.41. The monoisotopic (exact) mass is 516 g/mol. The van der Waals surface area contributed by atoms with Gasteiger partial charge in [-0.05, 0) is 85.6 Å². The number of aromatic hydroxyl groups is 3. The van der Waals surface area contributed by atoms with Crippen molar-refractivity contribution in [2.75, 3.05) is 0 Å². The van der Waals surface area contributed by atoms with Crippen molar-refractivity contribution >= 4 is 5.78 Å². The van der Waals surface area contributed by atoms with Crippen molar-refractivity contribution in [1.82, 2.24) is 0 Å². The number of hydrogen-bond donors (Lipinski definition) is 3. The maximum absolute atomic E-state index is 13.3. The summed E-state index contributed by atoms with van der Waals surface area (Å²) in [4.78, 5) is 13.3. The van der Waals surface area contributed by atoms with E-state index in [1.807, 2.05) is 56.3 Å². The van der Waals surface area contributed by atoms with Gasteiger partial charge in [-0.25, -0.2) is 0 Å². The fraction of sp³-hybridized carbons (Fsp3) is 0.382. The number of carbonyl (C=O) groups excluding carboxylic acids is 1. The zero-order valence-corrected chi connectivity index (χ0v) is 23.9. The minimum Gasteiger partial charge on any atom is -0.507 e. The van der Waals surface area contributed by atoms with E-state index in [0.29, 0.717) is 0 Å². The smallest absolute Gasteiger partial charge is 0.174 e. The Morgan fingerprint density at radius 2 is 1.11 bits per heavy atom. The lowest BCUT2D eigenvalue weighted by Crippen LogP contribution is -2.08. The SMILES string of the molecule is CC(C)=CCC/C(C)=C/Cc1c(O)c(C/C=C(\C)CCC=C(C)C)c(O)c(C(=O)Cc2ccccc2)c1O. The van der Waals surface area contributed by atoms with Gasteiger partial charge in [-0.15, -0.1) is 0 Å². The molecule has 2 rings (SSSR count). The average Bonchev–Trinajstić information content (AvgIpc) is 2.84. The summed E-state index contributed by atoms with van der Waals surface area (Å²) in [6.07, 6.45) is 12.4. The van der Waals surface area contributed by atoms with Crippen molar-refractivity contribution in [3.05, 3.63) is 99.2 Å². The van der Waals surface area contributed by atoms with E-state index in [0.717, 1.165) is 42.4 Å². The first-order valence-corrected chi connectivity index (χ1v) is 13.4. The van der Waals surface area contributed by atoms with Gasteiger partial charge in [0.25, 0.3) is 0 Å². The van der Waals surface area contributed by atoms with Crippen molar-refractivity contribution in [2.24, 2.45) is 0 Å². The van der Waals surface area contributed by atoms with Crippen LogP contribution in [0.15, 0.2) is 76.9 Å². The summed E-state index contributed by atoms with van der Waals surface area (Å²) in [5.74, 6) is -1.23. The Hall–Kier alpha value is -3.53. The normalized spacial score (nSPS) is 11.8. The number of ketones is 1. The molecule has 0 bridgehead atoms. The van der Waals surface area contributed by atoms with E-state index >= 15 is 0 Å². The highest BCUT2D eigenvalue weighted by atomic mass is 16.3. The van der Waals surface area contributed by atoms with E-state index in [1.54, 1.807) is 0 Å². The summed E-state index contributed by atoms with van der Waals surface area (Å²) in [5.41, 5.74) is 5.99. The molecule has 0 atom stereocenters. The lowest BCUT2D eigenvalue weighted by Gasteiger charge is -2.17. The summed E-state index contributed by atoms with van der Waals surface area (Å²) >= 11 is 0. The minimum absolute atomic E-state index is 0.0424. The highest BCUT2D eigenvalue weighted by Gasteiger charge is 2.26. The molecule has 204 valence electrons. The van der Waals surface area contributed by atoms with E-state index in [9.17, 15) is 20.1 Å². The average molecular weight is 517 g/mol. The van der Waals surface area contributed by atoms with Crippen LogP contribution in [0.2, 0.25) is 0 Å². The second kappa shape index (κ2) is 15.0. The van der Waals surface area contributed by atoms with Crippen molar-refractivity contribution < 1.29 is 20.1 Å². The number of phenolic OH excluding ortho intramolecular Hbond substituents is 3. The molecule has 0 radical (unpaired) electrons. The summed E-state index contributed by atoms with van der Waals surface area (Å²) in [5, 5.41) is 33.4. The highest BCUT2D eigenvalue weighted by molar-refractivity contribution is 6.03. The molecule has 0 aliphatic carbocycles. The summed E-state index contributed by atoms with van der Waals surface area (Å²) < 4.78 is 0. The molecule has 0 fully saturated rings. The molecule has 0 heterocycles. The van der Waals surface area contributed by atoms with E-state index in [-0.39, 0.29) is 59.0 Å². The summed E-state index contributed by atoms with van der Waals surface area (Å²) in [6, 6.07) is 9.25. The van der Waals surface area contributed by atoms with Gasteiger partial charge in [0.2, 0.25) is 0 Å². The van der Waals surface area contributed by atoms with Gasteiger partial charge in [0.05, 0.1) is 0 Å². The molecule has 38 heavy (non-hydrogen) atoms. The number of phenols is 3. The Labute approximate surface area is 228 Å². The van der Waals surface area contributed by atoms with Crippen LogP contribution >= 0.6 is 0 Å². The van der Waals surface area contributed by atoms with Crippen LogP contribution in [0.25, 0.3) is 0 Å². The van der Waals surface area contributed by atoms with E-state index in [4.69, 9.17) is 0 Å². The molecular formula is C34H44O4. The molecule has 0 aliphatic rings. The van der Waals surface area contributed by atoms with Crippen LogP contribution in [0.5, 0.6) is 17.2 Å². The summed E-state index contributed by atoms with van der Waals surface area (Å²) in [7, 11) is 0. The Balaban J connectivity index is 2.46. The Morgan fingerprint density at radius 1 is 0.658 bits per heavy atom. The molecule has 3 N–H and O–H groups in total. The molecule has 0 saturated heterocycles. The molecule has 4 heteroatoms. The van der Waals surface area contributed by atoms with Gasteiger partial charge >= 0.3 is 0 Å². The van der Waals surface area contributed by atoms with Crippen molar-refractivity contribution in [3.63, 3.8) is 0 Å². The molecule has 0 unspecified atom stereocenters. The number of allylic oxidation sites excluding steroid dienone is 8. The van der Waals surface area contributed by atoms with Gasteiger partial charge in [-0.1, -0.05) is 76.9 Å². The van der Waals surface area contributed by atoms with Crippen LogP contribution in [0.3, 0.4) is 0 Å². The number of Topliss-reactive ketones (excluding diaryl/α,β-unsaturated/α-hetero) is 1. The lowest BCUT2D eigenvalue weighted by atomic mass is 9.91. The molecule has 0 saturated carbocycles. The quantitative estimate of drug-likeness (QED) is 0.184. The van der Waals surface area contributed by atoms with Crippen LogP contribution in [-0.2, 0) is 19.3 Å². The van der Waals surface area contributed by atoms with Gasteiger partial charge in [-0.3, -0.25) is 4.79 Å². The number of carbonyl (C=O) groups is 1.